The second kappa shape index (κ2) is 10.2. The fraction of sp³-hybridized carbons (Fsp3) is 0.167. The highest BCUT2D eigenvalue weighted by atomic mass is 32.2. The third-order valence-electron chi connectivity index (χ3n) is 6.51. The third kappa shape index (κ3) is 4.59. The Kier molecular flexibility index (Phi) is 6.82. The molecule has 0 aliphatic carbocycles. The van der Waals surface area contributed by atoms with Crippen molar-refractivity contribution < 1.29 is 22.7 Å². The Balaban J connectivity index is 1.77. The minimum atomic E-state index is -4.07. The van der Waals surface area contributed by atoms with Crippen molar-refractivity contribution in [3.8, 4) is 5.75 Å². The highest BCUT2D eigenvalue weighted by Gasteiger charge is 2.40. The van der Waals surface area contributed by atoms with Crippen molar-refractivity contribution in [2.75, 3.05) is 18.6 Å². The molecule has 2 aliphatic rings. The SMILES string of the molecule is CCOC(=O)/C=C1\C2C=Cc3ccccc3N2C(c2ccc(OC)cc2)=CN1S(=O)(=O)c1ccc(C)cc1. The van der Waals surface area contributed by atoms with Crippen LogP contribution in [0, 0.1) is 6.92 Å². The third-order valence-corrected chi connectivity index (χ3v) is 8.21. The summed E-state index contributed by atoms with van der Waals surface area (Å²) in [5, 5.41) is 0. The fourth-order valence-electron chi connectivity index (χ4n) is 4.63. The van der Waals surface area contributed by atoms with Crippen LogP contribution in [-0.4, -0.2) is 38.5 Å². The van der Waals surface area contributed by atoms with Crippen LogP contribution in [-0.2, 0) is 19.6 Å². The predicted molar refractivity (Wildman–Crippen MR) is 148 cm³/mol. The van der Waals surface area contributed by atoms with Gasteiger partial charge >= 0.3 is 5.97 Å². The zero-order chi connectivity index (χ0) is 26.9. The number of sulfonamides is 1. The normalized spacial score (nSPS) is 17.5. The largest absolute Gasteiger partial charge is 0.497 e. The topological polar surface area (TPSA) is 76.2 Å². The Morgan fingerprint density at radius 3 is 2.39 bits per heavy atom. The molecule has 0 amide bonds. The van der Waals surface area contributed by atoms with Crippen LogP contribution >= 0.6 is 0 Å². The second-order valence-corrected chi connectivity index (χ2v) is 10.7. The maximum atomic E-state index is 14.1. The summed E-state index contributed by atoms with van der Waals surface area (Å²) in [5.41, 5.74) is 4.54. The Hall–Kier alpha value is -4.30. The Bertz CT molecular complexity index is 1550. The number of para-hydroxylation sites is 1. The van der Waals surface area contributed by atoms with E-state index in [-0.39, 0.29) is 17.2 Å². The van der Waals surface area contributed by atoms with Crippen molar-refractivity contribution in [3.05, 3.63) is 114 Å². The van der Waals surface area contributed by atoms with Crippen molar-refractivity contribution in [3.63, 3.8) is 0 Å². The molecule has 0 bridgehead atoms. The molecule has 7 nitrogen and oxygen atoms in total. The van der Waals surface area contributed by atoms with Gasteiger partial charge in [0.25, 0.3) is 10.0 Å². The molecule has 2 heterocycles. The van der Waals surface area contributed by atoms with E-state index in [1.807, 2.05) is 72.5 Å². The molecule has 0 spiro atoms. The van der Waals surface area contributed by atoms with Gasteiger partial charge in [0.1, 0.15) is 5.75 Å². The molecule has 2 aliphatic heterocycles. The number of benzene rings is 3. The molecule has 3 aromatic rings. The van der Waals surface area contributed by atoms with E-state index in [0.29, 0.717) is 11.4 Å². The average Bonchev–Trinajstić information content (AvgIpc) is 2.93. The number of fused-ring (bicyclic) bond motifs is 3. The standard InChI is InChI=1S/C30H28N2O5S/c1-4-37-30(33)19-28-27-18-13-22-7-5-6-8-26(22)32(27)29(23-11-14-24(36-3)15-12-23)20-31(28)38(34,35)25-16-9-21(2)10-17-25/h5-20,27H,4H2,1-3H3/b28-19+. The first-order valence-corrected chi connectivity index (χ1v) is 13.7. The lowest BCUT2D eigenvalue weighted by atomic mass is 9.96. The number of aryl methyl sites for hydroxylation is 1. The summed E-state index contributed by atoms with van der Waals surface area (Å²) >= 11 is 0. The van der Waals surface area contributed by atoms with Gasteiger partial charge in [0.15, 0.2) is 0 Å². The van der Waals surface area contributed by atoms with Crippen LogP contribution in [0.5, 0.6) is 5.75 Å². The number of nitrogens with zero attached hydrogens (tertiary/aromatic N) is 2. The van der Waals surface area contributed by atoms with Gasteiger partial charge in [-0.15, -0.1) is 0 Å². The summed E-state index contributed by atoms with van der Waals surface area (Å²) in [6.45, 7) is 3.78. The maximum absolute atomic E-state index is 14.1. The number of carbonyl (C=O) groups excluding carboxylic acids is 1. The van der Waals surface area contributed by atoms with Gasteiger partial charge in [-0.1, -0.05) is 48.0 Å². The monoisotopic (exact) mass is 528 g/mol. The van der Waals surface area contributed by atoms with Crippen molar-refractivity contribution in [2.24, 2.45) is 0 Å². The number of methoxy groups -OCH3 is 1. The summed E-state index contributed by atoms with van der Waals surface area (Å²) in [4.78, 5) is 14.9. The Labute approximate surface area is 223 Å². The van der Waals surface area contributed by atoms with E-state index in [1.165, 1.54) is 10.4 Å². The predicted octanol–water partition coefficient (Wildman–Crippen LogP) is 5.36. The van der Waals surface area contributed by atoms with Crippen molar-refractivity contribution in [1.29, 1.82) is 0 Å². The molecule has 0 saturated carbocycles. The highest BCUT2D eigenvalue weighted by Crippen LogP contribution is 2.43. The van der Waals surface area contributed by atoms with E-state index in [0.717, 1.165) is 22.4 Å². The molecule has 0 aromatic heterocycles. The first kappa shape index (κ1) is 25.4. The second-order valence-electron chi connectivity index (χ2n) is 8.91. The first-order valence-electron chi connectivity index (χ1n) is 12.3. The molecule has 0 saturated heterocycles. The van der Waals surface area contributed by atoms with Crippen molar-refractivity contribution in [2.45, 2.75) is 24.8 Å². The molecule has 0 N–H and O–H groups in total. The van der Waals surface area contributed by atoms with Crippen LogP contribution in [0.1, 0.15) is 23.6 Å². The van der Waals surface area contributed by atoms with E-state index in [2.05, 4.69) is 0 Å². The number of esters is 1. The highest BCUT2D eigenvalue weighted by molar-refractivity contribution is 7.89. The van der Waals surface area contributed by atoms with Crippen LogP contribution in [0.3, 0.4) is 0 Å². The Morgan fingerprint density at radius 1 is 1.00 bits per heavy atom. The Morgan fingerprint density at radius 2 is 1.71 bits per heavy atom. The van der Waals surface area contributed by atoms with E-state index < -0.39 is 22.0 Å². The van der Waals surface area contributed by atoms with Gasteiger partial charge in [0, 0.05) is 18.0 Å². The molecule has 1 unspecified atom stereocenters. The molecule has 1 atom stereocenters. The summed E-state index contributed by atoms with van der Waals surface area (Å²) in [6.07, 6.45) is 6.70. The number of carbonyl (C=O) groups is 1. The van der Waals surface area contributed by atoms with Gasteiger partial charge in [0.05, 0.1) is 36.0 Å². The van der Waals surface area contributed by atoms with Gasteiger partial charge in [-0.2, -0.15) is 0 Å². The quantitative estimate of drug-likeness (QED) is 0.317. The lowest BCUT2D eigenvalue weighted by Gasteiger charge is -2.45. The molecule has 0 fully saturated rings. The number of ether oxygens (including phenoxy) is 2. The van der Waals surface area contributed by atoms with Crippen molar-refractivity contribution in [1.82, 2.24) is 4.31 Å². The average molecular weight is 529 g/mol. The van der Waals surface area contributed by atoms with Crippen LogP contribution in [0.2, 0.25) is 0 Å². The van der Waals surface area contributed by atoms with Gasteiger partial charge < -0.3 is 14.4 Å². The van der Waals surface area contributed by atoms with E-state index in [9.17, 15) is 13.2 Å². The van der Waals surface area contributed by atoms with Gasteiger partial charge in [-0.25, -0.2) is 17.5 Å². The molecule has 194 valence electrons. The maximum Gasteiger partial charge on any atom is 0.332 e. The summed E-state index contributed by atoms with van der Waals surface area (Å²) < 4.78 is 39.9. The van der Waals surface area contributed by atoms with Crippen LogP contribution < -0.4 is 9.64 Å². The van der Waals surface area contributed by atoms with Crippen molar-refractivity contribution >= 4 is 33.5 Å². The summed E-state index contributed by atoms with van der Waals surface area (Å²) in [6, 6.07) is 21.4. The van der Waals surface area contributed by atoms with Crippen LogP contribution in [0.15, 0.2) is 102 Å². The lowest BCUT2D eigenvalue weighted by Crippen LogP contribution is -2.47. The van der Waals surface area contributed by atoms with Gasteiger partial charge in [0.2, 0.25) is 0 Å². The van der Waals surface area contributed by atoms with Crippen LogP contribution in [0.25, 0.3) is 11.8 Å². The lowest BCUT2D eigenvalue weighted by molar-refractivity contribution is -0.137. The summed E-state index contributed by atoms with van der Waals surface area (Å²) in [7, 11) is -2.48. The smallest absolute Gasteiger partial charge is 0.332 e. The fourth-order valence-corrected chi connectivity index (χ4v) is 6.01. The van der Waals surface area contributed by atoms with E-state index in [4.69, 9.17) is 9.47 Å². The molecule has 3 aromatic carbocycles. The molecular weight excluding hydrogens is 500 g/mol. The molecule has 8 heteroatoms. The zero-order valence-corrected chi connectivity index (χ0v) is 22.2. The summed E-state index contributed by atoms with van der Waals surface area (Å²) in [5.74, 6) is 0.0767. The minimum Gasteiger partial charge on any atom is -0.497 e. The van der Waals surface area contributed by atoms with Crippen LogP contribution in [0.4, 0.5) is 5.69 Å². The number of rotatable bonds is 6. The molecule has 0 radical (unpaired) electrons. The van der Waals surface area contributed by atoms with E-state index in [1.54, 1.807) is 44.5 Å². The van der Waals surface area contributed by atoms with Gasteiger partial charge in [-0.3, -0.25) is 0 Å². The minimum absolute atomic E-state index is 0.122. The molecule has 38 heavy (non-hydrogen) atoms. The molecular formula is C30H28N2O5S. The van der Waals surface area contributed by atoms with Gasteiger partial charge in [-0.05, 0) is 67.4 Å². The van der Waals surface area contributed by atoms with E-state index >= 15 is 0 Å². The first-order chi connectivity index (χ1) is 18.3. The zero-order valence-electron chi connectivity index (χ0n) is 21.4. The number of anilines is 1. The number of hydrogen-bond donors (Lipinski definition) is 0. The number of hydrogen-bond acceptors (Lipinski definition) is 6. The molecule has 5 rings (SSSR count).